The van der Waals surface area contributed by atoms with Crippen LogP contribution in [0.5, 0.6) is 0 Å². The highest BCUT2D eigenvalue weighted by Crippen LogP contribution is 2.23. The van der Waals surface area contributed by atoms with Crippen molar-refractivity contribution in [1.29, 1.82) is 0 Å². The van der Waals surface area contributed by atoms with E-state index in [0.29, 0.717) is 12.2 Å². The molecule has 1 amide bonds. The molecule has 22 heavy (non-hydrogen) atoms. The zero-order chi connectivity index (χ0) is 15.2. The van der Waals surface area contributed by atoms with Gasteiger partial charge in [0, 0.05) is 23.1 Å². The number of rotatable bonds is 6. The van der Waals surface area contributed by atoms with Gasteiger partial charge in [-0.3, -0.25) is 4.79 Å². The first-order chi connectivity index (χ1) is 10.8. The van der Waals surface area contributed by atoms with E-state index in [2.05, 4.69) is 15.5 Å². The summed E-state index contributed by atoms with van der Waals surface area (Å²) in [6, 6.07) is 9.85. The number of carbonyl (C=O) groups excluding carboxylic acids is 1. The molecule has 112 valence electrons. The lowest BCUT2D eigenvalue weighted by molar-refractivity contribution is 0.0949. The second-order valence-electron chi connectivity index (χ2n) is 4.80. The number of thiazole rings is 1. The lowest BCUT2D eigenvalue weighted by atomic mass is 10.2. The quantitative estimate of drug-likeness (QED) is 0.710. The van der Waals surface area contributed by atoms with E-state index in [-0.39, 0.29) is 5.91 Å². The Hall–Kier alpha value is -2.47. The number of carbonyl (C=O) groups is 1. The minimum atomic E-state index is -0.135. The van der Waals surface area contributed by atoms with Gasteiger partial charge >= 0.3 is 0 Å². The van der Waals surface area contributed by atoms with Crippen molar-refractivity contribution in [2.75, 3.05) is 6.54 Å². The third-order valence-electron chi connectivity index (χ3n) is 3.17. The van der Waals surface area contributed by atoms with Gasteiger partial charge in [0.15, 0.2) is 0 Å². The molecule has 0 aliphatic heterocycles. The van der Waals surface area contributed by atoms with Crippen LogP contribution in [0.1, 0.15) is 22.5 Å². The normalized spacial score (nSPS) is 10.5. The number of amides is 1. The van der Waals surface area contributed by atoms with E-state index >= 15 is 0 Å². The second-order valence-corrected chi connectivity index (χ2v) is 5.65. The van der Waals surface area contributed by atoms with Gasteiger partial charge in [-0.15, -0.1) is 11.3 Å². The SMILES string of the molecule is O=C(NCCCc1cnoc1)c1csc(-c2ccccc2)n1. The maximum absolute atomic E-state index is 12.1. The van der Waals surface area contributed by atoms with E-state index in [1.165, 1.54) is 11.3 Å². The zero-order valence-corrected chi connectivity index (χ0v) is 12.7. The van der Waals surface area contributed by atoms with Crippen LogP contribution in [0.15, 0.2) is 52.7 Å². The van der Waals surface area contributed by atoms with E-state index in [4.69, 9.17) is 4.52 Å². The molecule has 0 aliphatic rings. The zero-order valence-electron chi connectivity index (χ0n) is 11.9. The molecule has 0 unspecified atom stereocenters. The third kappa shape index (κ3) is 3.59. The van der Waals surface area contributed by atoms with Crippen LogP contribution in [-0.4, -0.2) is 22.6 Å². The molecule has 1 N–H and O–H groups in total. The van der Waals surface area contributed by atoms with Gasteiger partial charge < -0.3 is 9.84 Å². The van der Waals surface area contributed by atoms with Crippen LogP contribution < -0.4 is 5.32 Å². The Morgan fingerprint density at radius 2 is 2.14 bits per heavy atom. The lowest BCUT2D eigenvalue weighted by Crippen LogP contribution is -2.25. The van der Waals surface area contributed by atoms with Crippen LogP contribution in [0.3, 0.4) is 0 Å². The Balaban J connectivity index is 1.51. The first kappa shape index (κ1) is 14.5. The Bertz CT molecular complexity index is 723. The fourth-order valence-corrected chi connectivity index (χ4v) is 2.83. The number of aromatic nitrogens is 2. The van der Waals surface area contributed by atoms with Crippen molar-refractivity contribution >= 4 is 17.2 Å². The molecule has 0 aliphatic carbocycles. The van der Waals surface area contributed by atoms with Gasteiger partial charge in [-0.1, -0.05) is 35.5 Å². The van der Waals surface area contributed by atoms with Gasteiger partial charge in [0.25, 0.3) is 5.91 Å². The molecular formula is C16H15N3O2S. The van der Waals surface area contributed by atoms with E-state index < -0.39 is 0 Å². The number of benzene rings is 1. The maximum Gasteiger partial charge on any atom is 0.270 e. The molecule has 2 heterocycles. The van der Waals surface area contributed by atoms with Crippen LogP contribution in [-0.2, 0) is 6.42 Å². The molecule has 3 rings (SSSR count). The molecule has 0 radical (unpaired) electrons. The highest BCUT2D eigenvalue weighted by molar-refractivity contribution is 7.13. The molecule has 1 aromatic carbocycles. The van der Waals surface area contributed by atoms with E-state index in [9.17, 15) is 4.79 Å². The van der Waals surface area contributed by atoms with Gasteiger partial charge in [0.05, 0.1) is 6.20 Å². The fourth-order valence-electron chi connectivity index (χ4n) is 2.03. The monoisotopic (exact) mass is 313 g/mol. The van der Waals surface area contributed by atoms with Crippen LogP contribution >= 0.6 is 11.3 Å². The Morgan fingerprint density at radius 3 is 2.91 bits per heavy atom. The van der Waals surface area contributed by atoms with Crippen LogP contribution in [0.25, 0.3) is 10.6 Å². The predicted molar refractivity (Wildman–Crippen MR) is 84.7 cm³/mol. The predicted octanol–water partition coefficient (Wildman–Crippen LogP) is 3.16. The Labute approximate surface area is 132 Å². The summed E-state index contributed by atoms with van der Waals surface area (Å²) in [7, 11) is 0. The second kappa shape index (κ2) is 7.00. The first-order valence-corrected chi connectivity index (χ1v) is 7.88. The summed E-state index contributed by atoms with van der Waals surface area (Å²) in [5, 5.41) is 9.17. The summed E-state index contributed by atoms with van der Waals surface area (Å²) in [5.41, 5.74) is 2.53. The summed E-state index contributed by atoms with van der Waals surface area (Å²) in [4.78, 5) is 16.4. The number of nitrogens with one attached hydrogen (secondary N) is 1. The maximum atomic E-state index is 12.1. The summed E-state index contributed by atoms with van der Waals surface area (Å²) in [6.45, 7) is 0.599. The topological polar surface area (TPSA) is 68.0 Å². The smallest absolute Gasteiger partial charge is 0.270 e. The number of hydrogen-bond acceptors (Lipinski definition) is 5. The minimum absolute atomic E-state index is 0.135. The molecule has 3 aromatic rings. The van der Waals surface area contributed by atoms with E-state index in [1.807, 2.05) is 30.3 Å². The fraction of sp³-hybridized carbons (Fsp3) is 0.188. The first-order valence-electron chi connectivity index (χ1n) is 7.00. The standard InChI is InChI=1S/C16H15N3O2S/c20-15(17-8-4-5-12-9-18-21-10-12)14-11-22-16(19-14)13-6-2-1-3-7-13/h1-3,6-7,9-11H,4-5,8H2,(H,17,20). The average molecular weight is 313 g/mol. The van der Waals surface area contributed by atoms with Gasteiger partial charge in [-0.2, -0.15) is 0 Å². The molecule has 5 nitrogen and oxygen atoms in total. The van der Waals surface area contributed by atoms with Crippen LogP contribution in [0.4, 0.5) is 0 Å². The molecule has 0 saturated carbocycles. The van der Waals surface area contributed by atoms with Crippen LogP contribution in [0.2, 0.25) is 0 Å². The average Bonchev–Trinajstić information content (AvgIpc) is 3.24. The summed E-state index contributed by atoms with van der Waals surface area (Å²) in [6.07, 6.45) is 4.97. The van der Waals surface area contributed by atoms with Crippen molar-refractivity contribution in [1.82, 2.24) is 15.5 Å². The summed E-state index contributed by atoms with van der Waals surface area (Å²) in [5.74, 6) is -0.135. The minimum Gasteiger partial charge on any atom is -0.364 e. The van der Waals surface area contributed by atoms with Crippen molar-refractivity contribution in [2.24, 2.45) is 0 Å². The van der Waals surface area contributed by atoms with E-state index in [1.54, 1.807) is 17.8 Å². The van der Waals surface area contributed by atoms with Crippen molar-refractivity contribution in [3.63, 3.8) is 0 Å². The van der Waals surface area contributed by atoms with Gasteiger partial charge in [-0.25, -0.2) is 4.98 Å². The Morgan fingerprint density at radius 1 is 1.27 bits per heavy atom. The largest absolute Gasteiger partial charge is 0.364 e. The number of hydrogen-bond donors (Lipinski definition) is 1. The molecule has 0 atom stereocenters. The van der Waals surface area contributed by atoms with Crippen molar-refractivity contribution in [3.05, 3.63) is 59.4 Å². The van der Waals surface area contributed by atoms with Crippen LogP contribution in [0, 0.1) is 0 Å². The highest BCUT2D eigenvalue weighted by atomic mass is 32.1. The molecule has 0 saturated heterocycles. The molecule has 2 aromatic heterocycles. The van der Waals surface area contributed by atoms with Crippen molar-refractivity contribution < 1.29 is 9.32 Å². The van der Waals surface area contributed by atoms with Gasteiger partial charge in [0.2, 0.25) is 0 Å². The lowest BCUT2D eigenvalue weighted by Gasteiger charge is -2.01. The molecular weight excluding hydrogens is 298 g/mol. The van der Waals surface area contributed by atoms with Crippen molar-refractivity contribution in [3.8, 4) is 10.6 Å². The number of aryl methyl sites for hydroxylation is 1. The van der Waals surface area contributed by atoms with Gasteiger partial charge in [-0.05, 0) is 12.8 Å². The number of nitrogens with zero attached hydrogens (tertiary/aromatic N) is 2. The molecule has 6 heteroatoms. The summed E-state index contributed by atoms with van der Waals surface area (Å²) < 4.78 is 4.76. The van der Waals surface area contributed by atoms with E-state index in [0.717, 1.165) is 29.0 Å². The third-order valence-corrected chi connectivity index (χ3v) is 4.06. The van der Waals surface area contributed by atoms with Gasteiger partial charge in [0.1, 0.15) is 17.0 Å². The molecule has 0 spiro atoms. The molecule has 0 fully saturated rings. The summed E-state index contributed by atoms with van der Waals surface area (Å²) >= 11 is 1.48. The van der Waals surface area contributed by atoms with Crippen molar-refractivity contribution in [2.45, 2.75) is 12.8 Å². The molecule has 0 bridgehead atoms. The Kier molecular flexibility index (Phi) is 4.60. The highest BCUT2D eigenvalue weighted by Gasteiger charge is 2.11.